The minimum absolute atomic E-state index is 0.0967. The first-order valence-electron chi connectivity index (χ1n) is 25.6. The second-order valence-electron chi connectivity index (χ2n) is 17.5. The van der Waals surface area contributed by atoms with Crippen LogP contribution in [0.15, 0.2) is 0 Å². The SMILES string of the molecule is CCCCCCCCCCCCCCCCCCCCCC(=O)OCC(COCCCCCCCCCCCCCCCC)OC(=O)CCCCCCCCC. The normalized spacial score (nSPS) is 12.0. The van der Waals surface area contributed by atoms with Crippen LogP contribution in [0.1, 0.15) is 290 Å². The molecule has 334 valence electrons. The molecule has 0 aliphatic rings. The molecular formula is C51H100O5. The third-order valence-corrected chi connectivity index (χ3v) is 11.6. The first-order chi connectivity index (χ1) is 27.6. The summed E-state index contributed by atoms with van der Waals surface area (Å²) >= 11 is 0. The van der Waals surface area contributed by atoms with Crippen molar-refractivity contribution in [3.05, 3.63) is 0 Å². The van der Waals surface area contributed by atoms with E-state index in [0.29, 0.717) is 26.1 Å². The molecule has 56 heavy (non-hydrogen) atoms. The van der Waals surface area contributed by atoms with Gasteiger partial charge in [-0.1, -0.05) is 258 Å². The predicted molar refractivity (Wildman–Crippen MR) is 243 cm³/mol. The van der Waals surface area contributed by atoms with Gasteiger partial charge in [-0.25, -0.2) is 0 Å². The fraction of sp³-hybridized carbons (Fsp3) is 0.961. The van der Waals surface area contributed by atoms with Crippen molar-refractivity contribution in [2.24, 2.45) is 0 Å². The Balaban J connectivity index is 4.02. The number of carbonyl (C=O) groups excluding carboxylic acids is 2. The maximum Gasteiger partial charge on any atom is 0.306 e. The molecule has 0 amide bonds. The zero-order valence-corrected chi connectivity index (χ0v) is 38.4. The molecule has 0 aromatic rings. The topological polar surface area (TPSA) is 61.8 Å². The molecule has 0 N–H and O–H groups in total. The summed E-state index contributed by atoms with van der Waals surface area (Å²) in [6.07, 6.45) is 52.6. The summed E-state index contributed by atoms with van der Waals surface area (Å²) in [4.78, 5) is 25.2. The van der Waals surface area contributed by atoms with Gasteiger partial charge in [-0.05, 0) is 19.3 Å². The number of ether oxygens (including phenoxy) is 3. The minimum atomic E-state index is -0.521. The van der Waals surface area contributed by atoms with Crippen molar-refractivity contribution in [1.29, 1.82) is 0 Å². The van der Waals surface area contributed by atoms with E-state index in [-0.39, 0.29) is 18.5 Å². The summed E-state index contributed by atoms with van der Waals surface area (Å²) in [6.45, 7) is 7.87. The van der Waals surface area contributed by atoms with Gasteiger partial charge in [0.2, 0.25) is 0 Å². The molecule has 0 aliphatic carbocycles. The molecule has 0 radical (unpaired) electrons. The molecule has 0 rings (SSSR count). The zero-order chi connectivity index (χ0) is 40.7. The molecular weight excluding hydrogens is 693 g/mol. The van der Waals surface area contributed by atoms with E-state index in [2.05, 4.69) is 20.8 Å². The maximum atomic E-state index is 12.6. The zero-order valence-electron chi connectivity index (χ0n) is 38.4. The van der Waals surface area contributed by atoms with Crippen molar-refractivity contribution in [2.45, 2.75) is 297 Å². The van der Waals surface area contributed by atoms with Crippen LogP contribution in [0.4, 0.5) is 0 Å². The Morgan fingerprint density at radius 2 is 0.589 bits per heavy atom. The van der Waals surface area contributed by atoms with Crippen LogP contribution in [-0.4, -0.2) is 37.9 Å². The van der Waals surface area contributed by atoms with E-state index in [1.165, 1.54) is 225 Å². The monoisotopic (exact) mass is 793 g/mol. The van der Waals surface area contributed by atoms with Gasteiger partial charge in [0.05, 0.1) is 6.61 Å². The molecule has 0 spiro atoms. The summed E-state index contributed by atoms with van der Waals surface area (Å²) in [5.41, 5.74) is 0. The Morgan fingerprint density at radius 1 is 0.321 bits per heavy atom. The lowest BCUT2D eigenvalue weighted by atomic mass is 10.0. The number of rotatable bonds is 48. The quantitative estimate of drug-likeness (QED) is 0.0454. The summed E-state index contributed by atoms with van der Waals surface area (Å²) in [5, 5.41) is 0. The second kappa shape index (κ2) is 48.3. The molecule has 0 aliphatic heterocycles. The van der Waals surface area contributed by atoms with Crippen LogP contribution in [0.5, 0.6) is 0 Å². The standard InChI is InChI=1S/C51H100O5/c1-4-7-10-13-16-18-20-22-24-25-26-27-28-29-31-33-36-38-41-44-50(52)55-48-49(56-51(53)45-42-39-35-15-12-9-6-3)47-54-46-43-40-37-34-32-30-23-21-19-17-14-11-8-5-2/h49H,4-48H2,1-3H3. The molecule has 5 nitrogen and oxygen atoms in total. The first-order valence-corrected chi connectivity index (χ1v) is 25.6. The third-order valence-electron chi connectivity index (χ3n) is 11.6. The molecule has 0 bridgehead atoms. The average Bonchev–Trinajstić information content (AvgIpc) is 3.20. The Hall–Kier alpha value is -1.10. The van der Waals surface area contributed by atoms with Crippen LogP contribution in [0.3, 0.4) is 0 Å². The fourth-order valence-electron chi connectivity index (χ4n) is 7.81. The molecule has 0 saturated heterocycles. The van der Waals surface area contributed by atoms with Crippen LogP contribution < -0.4 is 0 Å². The van der Waals surface area contributed by atoms with Gasteiger partial charge < -0.3 is 14.2 Å². The largest absolute Gasteiger partial charge is 0.462 e. The van der Waals surface area contributed by atoms with Crippen molar-refractivity contribution >= 4 is 11.9 Å². The van der Waals surface area contributed by atoms with Gasteiger partial charge >= 0.3 is 11.9 Å². The van der Waals surface area contributed by atoms with Gasteiger partial charge in [0.1, 0.15) is 6.61 Å². The Bertz CT molecular complexity index is 769. The highest BCUT2D eigenvalue weighted by atomic mass is 16.6. The molecule has 0 heterocycles. The fourth-order valence-corrected chi connectivity index (χ4v) is 7.81. The van der Waals surface area contributed by atoms with E-state index < -0.39 is 6.10 Å². The second-order valence-corrected chi connectivity index (χ2v) is 17.5. The molecule has 1 atom stereocenters. The summed E-state index contributed by atoms with van der Waals surface area (Å²) in [7, 11) is 0. The predicted octanol–water partition coefficient (Wildman–Crippen LogP) is 16.9. The highest BCUT2D eigenvalue weighted by Crippen LogP contribution is 2.17. The van der Waals surface area contributed by atoms with Crippen molar-refractivity contribution < 1.29 is 23.8 Å². The Kier molecular flexibility index (Phi) is 47.3. The molecule has 0 aromatic carbocycles. The lowest BCUT2D eigenvalue weighted by Gasteiger charge is -2.18. The van der Waals surface area contributed by atoms with Gasteiger partial charge in [0.15, 0.2) is 6.10 Å². The molecule has 0 saturated carbocycles. The van der Waals surface area contributed by atoms with E-state index >= 15 is 0 Å². The van der Waals surface area contributed by atoms with Gasteiger partial charge in [-0.3, -0.25) is 9.59 Å². The van der Waals surface area contributed by atoms with Crippen molar-refractivity contribution in [1.82, 2.24) is 0 Å². The van der Waals surface area contributed by atoms with Crippen LogP contribution in [0.25, 0.3) is 0 Å². The number of esters is 2. The van der Waals surface area contributed by atoms with Gasteiger partial charge in [0.25, 0.3) is 0 Å². The van der Waals surface area contributed by atoms with Gasteiger partial charge in [-0.2, -0.15) is 0 Å². The maximum absolute atomic E-state index is 12.6. The number of carbonyl (C=O) groups is 2. The highest BCUT2D eigenvalue weighted by Gasteiger charge is 2.17. The van der Waals surface area contributed by atoms with Crippen LogP contribution in [0.2, 0.25) is 0 Å². The number of hydrogen-bond acceptors (Lipinski definition) is 5. The lowest BCUT2D eigenvalue weighted by molar-refractivity contribution is -0.163. The van der Waals surface area contributed by atoms with E-state index in [4.69, 9.17) is 14.2 Å². The summed E-state index contributed by atoms with van der Waals surface area (Å²) in [5.74, 6) is -0.379. The van der Waals surface area contributed by atoms with E-state index in [0.717, 1.165) is 32.1 Å². The van der Waals surface area contributed by atoms with E-state index in [9.17, 15) is 9.59 Å². The smallest absolute Gasteiger partial charge is 0.306 e. The number of hydrogen-bond donors (Lipinski definition) is 0. The van der Waals surface area contributed by atoms with Crippen LogP contribution in [-0.2, 0) is 23.8 Å². The average molecular weight is 793 g/mol. The van der Waals surface area contributed by atoms with Crippen molar-refractivity contribution in [2.75, 3.05) is 19.8 Å². The van der Waals surface area contributed by atoms with Gasteiger partial charge in [-0.15, -0.1) is 0 Å². The Morgan fingerprint density at radius 3 is 0.911 bits per heavy atom. The van der Waals surface area contributed by atoms with E-state index in [1.54, 1.807) is 0 Å². The lowest BCUT2D eigenvalue weighted by Crippen LogP contribution is -2.30. The minimum Gasteiger partial charge on any atom is -0.462 e. The first kappa shape index (κ1) is 54.9. The number of unbranched alkanes of at least 4 members (excludes halogenated alkanes) is 37. The third kappa shape index (κ3) is 45.6. The molecule has 1 unspecified atom stereocenters. The van der Waals surface area contributed by atoms with Gasteiger partial charge in [0, 0.05) is 19.4 Å². The summed E-state index contributed by atoms with van der Waals surface area (Å²) < 4.78 is 17.3. The van der Waals surface area contributed by atoms with Crippen molar-refractivity contribution in [3.8, 4) is 0 Å². The Labute approximate surface area is 351 Å². The summed E-state index contributed by atoms with van der Waals surface area (Å²) in [6, 6.07) is 0. The van der Waals surface area contributed by atoms with Crippen LogP contribution >= 0.6 is 0 Å². The molecule has 0 fully saturated rings. The molecule has 0 aromatic heterocycles. The van der Waals surface area contributed by atoms with Crippen LogP contribution in [0, 0.1) is 0 Å². The van der Waals surface area contributed by atoms with E-state index in [1.807, 2.05) is 0 Å². The highest BCUT2D eigenvalue weighted by molar-refractivity contribution is 5.70. The molecule has 5 heteroatoms. The van der Waals surface area contributed by atoms with Crippen molar-refractivity contribution in [3.63, 3.8) is 0 Å².